The molecule has 0 saturated heterocycles. The molecule has 0 radical (unpaired) electrons. The van der Waals surface area contributed by atoms with Gasteiger partial charge in [-0.3, -0.25) is 4.79 Å². The monoisotopic (exact) mass is 502 g/mol. The van der Waals surface area contributed by atoms with Gasteiger partial charge >= 0.3 is 0 Å². The highest BCUT2D eigenvalue weighted by Crippen LogP contribution is 2.23. The largest absolute Gasteiger partial charge is 0.490 e. The SMILES string of the molecule is CCCCc1nc(-c2ccc(CC(CCO)NC(=O)c3ccc(OC(C)C)c(C#N)c3)cc2)cn1CC. The molecule has 0 aliphatic heterocycles. The van der Waals surface area contributed by atoms with E-state index in [1.54, 1.807) is 18.2 Å². The van der Waals surface area contributed by atoms with Crippen LogP contribution in [-0.4, -0.2) is 39.3 Å². The number of nitrogens with zero attached hydrogens (tertiary/aromatic N) is 3. The summed E-state index contributed by atoms with van der Waals surface area (Å²) in [5.41, 5.74) is 3.79. The number of carbonyl (C=O) groups is 1. The van der Waals surface area contributed by atoms with Crippen LogP contribution in [0.3, 0.4) is 0 Å². The van der Waals surface area contributed by atoms with Gasteiger partial charge in [0.2, 0.25) is 0 Å². The minimum Gasteiger partial charge on any atom is -0.490 e. The Kier molecular flexibility index (Phi) is 10.3. The van der Waals surface area contributed by atoms with Crippen LogP contribution in [0.15, 0.2) is 48.7 Å². The van der Waals surface area contributed by atoms with Gasteiger partial charge in [0.25, 0.3) is 5.91 Å². The van der Waals surface area contributed by atoms with Crippen molar-refractivity contribution in [3.63, 3.8) is 0 Å². The Balaban J connectivity index is 1.70. The highest BCUT2D eigenvalue weighted by atomic mass is 16.5. The molecule has 3 aromatic rings. The van der Waals surface area contributed by atoms with Crippen LogP contribution in [0.1, 0.15) is 74.3 Å². The lowest BCUT2D eigenvalue weighted by atomic mass is 10.0. The van der Waals surface area contributed by atoms with Gasteiger partial charge in [-0.1, -0.05) is 37.6 Å². The fourth-order valence-corrected chi connectivity index (χ4v) is 4.26. The number of benzene rings is 2. The van der Waals surface area contributed by atoms with Gasteiger partial charge < -0.3 is 19.7 Å². The molecule has 1 aromatic heterocycles. The van der Waals surface area contributed by atoms with E-state index in [4.69, 9.17) is 9.72 Å². The van der Waals surface area contributed by atoms with Crippen LogP contribution < -0.4 is 10.1 Å². The van der Waals surface area contributed by atoms with E-state index >= 15 is 0 Å². The average Bonchev–Trinajstić information content (AvgIpc) is 3.31. The number of aliphatic hydroxyl groups is 1. The Morgan fingerprint density at radius 2 is 1.95 bits per heavy atom. The summed E-state index contributed by atoms with van der Waals surface area (Å²) in [6.07, 6.45) is 6.30. The first-order valence-corrected chi connectivity index (χ1v) is 13.2. The molecule has 37 heavy (non-hydrogen) atoms. The molecular formula is C30H38N4O3. The molecule has 196 valence electrons. The zero-order chi connectivity index (χ0) is 26.8. The van der Waals surface area contributed by atoms with Crippen LogP contribution in [-0.2, 0) is 19.4 Å². The number of nitriles is 1. The third kappa shape index (κ3) is 7.68. The van der Waals surface area contributed by atoms with E-state index in [2.05, 4.69) is 48.1 Å². The second-order valence-electron chi connectivity index (χ2n) is 9.51. The Morgan fingerprint density at radius 3 is 2.57 bits per heavy atom. The number of nitrogens with one attached hydrogen (secondary N) is 1. The van der Waals surface area contributed by atoms with Gasteiger partial charge in [-0.15, -0.1) is 0 Å². The first-order valence-electron chi connectivity index (χ1n) is 13.2. The maximum Gasteiger partial charge on any atom is 0.251 e. The molecule has 7 nitrogen and oxygen atoms in total. The van der Waals surface area contributed by atoms with E-state index in [1.807, 2.05) is 26.0 Å². The van der Waals surface area contributed by atoms with E-state index in [1.165, 1.54) is 0 Å². The van der Waals surface area contributed by atoms with Crippen molar-refractivity contribution in [2.75, 3.05) is 6.61 Å². The van der Waals surface area contributed by atoms with Crippen LogP contribution in [0.5, 0.6) is 5.75 Å². The minimum absolute atomic E-state index is 0.0391. The number of hydrogen-bond acceptors (Lipinski definition) is 5. The zero-order valence-electron chi connectivity index (χ0n) is 22.3. The third-order valence-electron chi connectivity index (χ3n) is 6.22. The van der Waals surface area contributed by atoms with Gasteiger partial charge in [0.1, 0.15) is 17.6 Å². The lowest BCUT2D eigenvalue weighted by Gasteiger charge is -2.19. The van der Waals surface area contributed by atoms with Crippen molar-refractivity contribution < 1.29 is 14.6 Å². The number of carbonyl (C=O) groups excluding carboxylic acids is 1. The van der Waals surface area contributed by atoms with E-state index in [0.717, 1.165) is 48.5 Å². The molecule has 0 spiro atoms. The molecule has 0 bridgehead atoms. The van der Waals surface area contributed by atoms with Crippen molar-refractivity contribution in [1.82, 2.24) is 14.9 Å². The topological polar surface area (TPSA) is 100 Å². The summed E-state index contributed by atoms with van der Waals surface area (Å²) in [5.74, 6) is 1.30. The van der Waals surface area contributed by atoms with Crippen LogP contribution in [0.25, 0.3) is 11.3 Å². The number of aryl methyl sites for hydroxylation is 2. The van der Waals surface area contributed by atoms with Gasteiger partial charge in [-0.05, 0) is 63.8 Å². The quantitative estimate of drug-likeness (QED) is 0.331. The lowest BCUT2D eigenvalue weighted by molar-refractivity contribution is 0.0930. The minimum atomic E-state index is -0.285. The molecular weight excluding hydrogens is 464 g/mol. The van der Waals surface area contributed by atoms with Crippen LogP contribution >= 0.6 is 0 Å². The number of unbranched alkanes of at least 4 members (excludes halogenated alkanes) is 1. The molecule has 0 aliphatic carbocycles. The summed E-state index contributed by atoms with van der Waals surface area (Å²) in [7, 11) is 0. The molecule has 1 atom stereocenters. The molecule has 0 fully saturated rings. The Labute approximate surface area is 220 Å². The highest BCUT2D eigenvalue weighted by molar-refractivity contribution is 5.95. The van der Waals surface area contributed by atoms with Crippen molar-refractivity contribution >= 4 is 5.91 Å². The van der Waals surface area contributed by atoms with Crippen LogP contribution in [0.2, 0.25) is 0 Å². The summed E-state index contributed by atoms with van der Waals surface area (Å²) in [4.78, 5) is 17.8. The Morgan fingerprint density at radius 1 is 1.19 bits per heavy atom. The molecule has 7 heteroatoms. The zero-order valence-corrected chi connectivity index (χ0v) is 22.3. The maximum absolute atomic E-state index is 12.9. The van der Waals surface area contributed by atoms with Crippen molar-refractivity contribution in [2.45, 2.75) is 78.5 Å². The molecule has 1 unspecified atom stereocenters. The number of aromatic nitrogens is 2. The fraction of sp³-hybridized carbons (Fsp3) is 0.433. The normalized spacial score (nSPS) is 11.8. The van der Waals surface area contributed by atoms with E-state index in [9.17, 15) is 15.2 Å². The summed E-state index contributed by atoms with van der Waals surface area (Å²) in [6, 6.07) is 14.9. The number of aliphatic hydroxyl groups excluding tert-OH is 1. The first-order chi connectivity index (χ1) is 17.9. The second kappa shape index (κ2) is 13.6. The smallest absolute Gasteiger partial charge is 0.251 e. The van der Waals surface area contributed by atoms with Gasteiger partial charge in [0.15, 0.2) is 0 Å². The van der Waals surface area contributed by atoms with Gasteiger partial charge in [-0.25, -0.2) is 4.98 Å². The third-order valence-corrected chi connectivity index (χ3v) is 6.22. The first kappa shape index (κ1) is 27.9. The summed E-state index contributed by atoms with van der Waals surface area (Å²) in [6.45, 7) is 8.95. The fourth-order valence-electron chi connectivity index (χ4n) is 4.26. The standard InChI is InChI=1S/C30H38N4O3/c1-5-7-8-29-33-27(20-34(29)6-2)23-11-9-22(10-12-23)17-26(15-16-35)32-30(36)24-13-14-28(37-21(3)4)25(18-24)19-31/h9-14,18,20-21,26,35H,5-8,15-17H2,1-4H3,(H,32,36). The van der Waals surface area contributed by atoms with Crippen LogP contribution in [0, 0.1) is 11.3 Å². The molecule has 1 heterocycles. The Bertz CT molecular complexity index is 1210. The highest BCUT2D eigenvalue weighted by Gasteiger charge is 2.17. The van der Waals surface area contributed by atoms with E-state index < -0.39 is 0 Å². The maximum atomic E-state index is 12.9. The average molecular weight is 503 g/mol. The molecule has 0 saturated carbocycles. The van der Waals surface area contributed by atoms with Gasteiger partial charge in [0, 0.05) is 42.9 Å². The summed E-state index contributed by atoms with van der Waals surface area (Å²) < 4.78 is 7.86. The molecule has 0 aliphatic rings. The number of imidazole rings is 1. The predicted molar refractivity (Wildman–Crippen MR) is 146 cm³/mol. The van der Waals surface area contributed by atoms with Crippen molar-refractivity contribution in [3.8, 4) is 23.1 Å². The van der Waals surface area contributed by atoms with Crippen LogP contribution in [0.4, 0.5) is 0 Å². The lowest BCUT2D eigenvalue weighted by Crippen LogP contribution is -2.37. The van der Waals surface area contributed by atoms with Crippen molar-refractivity contribution in [3.05, 3.63) is 71.2 Å². The number of rotatable bonds is 13. The Hall–Kier alpha value is -3.63. The molecule has 2 aromatic carbocycles. The van der Waals surface area contributed by atoms with E-state index in [-0.39, 0.29) is 24.7 Å². The van der Waals surface area contributed by atoms with Crippen molar-refractivity contribution in [2.24, 2.45) is 0 Å². The van der Waals surface area contributed by atoms with E-state index in [0.29, 0.717) is 29.7 Å². The molecule has 1 amide bonds. The summed E-state index contributed by atoms with van der Waals surface area (Å²) in [5, 5.41) is 22.1. The number of hydrogen-bond donors (Lipinski definition) is 2. The number of ether oxygens (including phenoxy) is 1. The summed E-state index contributed by atoms with van der Waals surface area (Å²) >= 11 is 0. The van der Waals surface area contributed by atoms with Gasteiger partial charge in [0.05, 0.1) is 17.4 Å². The predicted octanol–water partition coefficient (Wildman–Crippen LogP) is 5.29. The second-order valence-corrected chi connectivity index (χ2v) is 9.51. The number of amides is 1. The molecule has 3 rings (SSSR count). The van der Waals surface area contributed by atoms with Crippen molar-refractivity contribution in [1.29, 1.82) is 5.26 Å². The molecule has 2 N–H and O–H groups in total. The van der Waals surface area contributed by atoms with Gasteiger partial charge in [-0.2, -0.15) is 5.26 Å².